The van der Waals surface area contributed by atoms with Gasteiger partial charge in [-0.2, -0.15) is 0 Å². The van der Waals surface area contributed by atoms with Crippen LogP contribution >= 0.6 is 11.3 Å². The molecule has 0 spiro atoms. The van der Waals surface area contributed by atoms with Gasteiger partial charge in [0.1, 0.15) is 4.21 Å². The molecule has 0 amide bonds. The van der Waals surface area contributed by atoms with Crippen molar-refractivity contribution in [2.24, 2.45) is 0 Å². The summed E-state index contributed by atoms with van der Waals surface area (Å²) in [5, 5.41) is 8.11. The molecule has 0 fully saturated rings. The summed E-state index contributed by atoms with van der Waals surface area (Å²) >= 11 is 1.23. The SMILES string of the molecule is CCOc1ccc(-c2cccc(NS(=O)(=O)c3ccc(C)s3)c2)nn1. The lowest BCUT2D eigenvalue weighted by molar-refractivity contribution is 0.323. The van der Waals surface area contributed by atoms with E-state index in [2.05, 4.69) is 14.9 Å². The van der Waals surface area contributed by atoms with Crippen molar-refractivity contribution in [2.45, 2.75) is 18.1 Å². The highest BCUT2D eigenvalue weighted by Crippen LogP contribution is 2.26. The average molecular weight is 375 g/mol. The van der Waals surface area contributed by atoms with Crippen molar-refractivity contribution in [3.05, 3.63) is 53.4 Å². The first-order valence-electron chi connectivity index (χ1n) is 7.64. The first kappa shape index (κ1) is 17.4. The minimum absolute atomic E-state index is 0.288. The number of aromatic nitrogens is 2. The molecular weight excluding hydrogens is 358 g/mol. The van der Waals surface area contributed by atoms with E-state index in [-0.39, 0.29) is 4.21 Å². The first-order valence-corrected chi connectivity index (χ1v) is 9.94. The molecule has 1 aromatic carbocycles. The van der Waals surface area contributed by atoms with Crippen LogP contribution < -0.4 is 9.46 Å². The number of aryl methyl sites for hydroxylation is 1. The van der Waals surface area contributed by atoms with Crippen LogP contribution in [0.15, 0.2) is 52.7 Å². The summed E-state index contributed by atoms with van der Waals surface area (Å²) in [4.78, 5) is 0.943. The minimum Gasteiger partial charge on any atom is -0.477 e. The molecule has 0 saturated carbocycles. The summed E-state index contributed by atoms with van der Waals surface area (Å²) in [6.07, 6.45) is 0. The van der Waals surface area contributed by atoms with E-state index in [1.54, 1.807) is 42.5 Å². The van der Waals surface area contributed by atoms with Crippen LogP contribution in [0.4, 0.5) is 5.69 Å². The van der Waals surface area contributed by atoms with Gasteiger partial charge in [0.2, 0.25) is 5.88 Å². The van der Waals surface area contributed by atoms with Gasteiger partial charge < -0.3 is 4.74 Å². The van der Waals surface area contributed by atoms with Crippen molar-refractivity contribution in [1.82, 2.24) is 10.2 Å². The van der Waals surface area contributed by atoms with Crippen molar-refractivity contribution in [3.63, 3.8) is 0 Å². The molecular formula is C17H17N3O3S2. The quantitative estimate of drug-likeness (QED) is 0.710. The van der Waals surface area contributed by atoms with E-state index < -0.39 is 10.0 Å². The smallest absolute Gasteiger partial charge is 0.271 e. The van der Waals surface area contributed by atoms with E-state index in [1.165, 1.54) is 11.3 Å². The third-order valence-corrected chi connectivity index (χ3v) is 6.20. The van der Waals surface area contributed by atoms with Crippen LogP contribution in [-0.2, 0) is 10.0 Å². The number of nitrogens with one attached hydrogen (secondary N) is 1. The van der Waals surface area contributed by atoms with E-state index in [4.69, 9.17) is 4.74 Å². The number of anilines is 1. The van der Waals surface area contributed by atoms with Crippen molar-refractivity contribution in [1.29, 1.82) is 0 Å². The van der Waals surface area contributed by atoms with Crippen molar-refractivity contribution in [3.8, 4) is 17.1 Å². The number of benzene rings is 1. The van der Waals surface area contributed by atoms with Gasteiger partial charge in [-0.05, 0) is 44.2 Å². The zero-order valence-corrected chi connectivity index (χ0v) is 15.4. The molecule has 3 rings (SSSR count). The molecule has 0 aliphatic carbocycles. The molecule has 0 bridgehead atoms. The van der Waals surface area contributed by atoms with Crippen LogP contribution in [0.1, 0.15) is 11.8 Å². The van der Waals surface area contributed by atoms with Gasteiger partial charge in [0.05, 0.1) is 12.3 Å². The van der Waals surface area contributed by atoms with Crippen LogP contribution in [0.25, 0.3) is 11.3 Å². The Morgan fingerprint density at radius 1 is 1.12 bits per heavy atom. The maximum atomic E-state index is 12.4. The monoisotopic (exact) mass is 375 g/mol. The average Bonchev–Trinajstić information content (AvgIpc) is 3.03. The summed E-state index contributed by atoms with van der Waals surface area (Å²) in [7, 11) is -3.59. The third kappa shape index (κ3) is 4.15. The molecule has 130 valence electrons. The van der Waals surface area contributed by atoms with Crippen LogP contribution in [0.2, 0.25) is 0 Å². The molecule has 2 heterocycles. The zero-order valence-electron chi connectivity index (χ0n) is 13.8. The standard InChI is InChI=1S/C17H17N3O3S2/c1-3-23-16-9-8-15(18-19-16)13-5-4-6-14(11-13)20-25(21,22)17-10-7-12(2)24-17/h4-11,20H,3H2,1-2H3. The Morgan fingerprint density at radius 2 is 1.96 bits per heavy atom. The van der Waals surface area contributed by atoms with Crippen molar-refractivity contribution < 1.29 is 13.2 Å². The van der Waals surface area contributed by atoms with Gasteiger partial charge in [0, 0.05) is 22.2 Å². The number of thiophene rings is 1. The molecule has 2 aromatic heterocycles. The van der Waals surface area contributed by atoms with Gasteiger partial charge in [-0.25, -0.2) is 8.42 Å². The van der Waals surface area contributed by atoms with Crippen molar-refractivity contribution >= 4 is 27.0 Å². The highest BCUT2D eigenvalue weighted by atomic mass is 32.2. The summed E-state index contributed by atoms with van der Waals surface area (Å²) in [5.74, 6) is 0.455. The molecule has 0 aliphatic rings. The van der Waals surface area contributed by atoms with Crippen molar-refractivity contribution in [2.75, 3.05) is 11.3 Å². The minimum atomic E-state index is -3.59. The molecule has 8 heteroatoms. The van der Waals surface area contributed by atoms with E-state index in [0.717, 1.165) is 10.4 Å². The fourth-order valence-corrected chi connectivity index (χ4v) is 4.54. The van der Waals surface area contributed by atoms with Gasteiger partial charge in [-0.3, -0.25) is 4.72 Å². The second-order valence-corrected chi connectivity index (χ2v) is 8.44. The van der Waals surface area contributed by atoms with Crippen LogP contribution in [0.5, 0.6) is 5.88 Å². The predicted octanol–water partition coefficient (Wildman–Crippen LogP) is 3.71. The third-order valence-electron chi connectivity index (χ3n) is 3.32. The molecule has 25 heavy (non-hydrogen) atoms. The molecule has 1 N–H and O–H groups in total. The second-order valence-electron chi connectivity index (χ2n) is 5.24. The lowest BCUT2D eigenvalue weighted by atomic mass is 10.1. The van der Waals surface area contributed by atoms with Gasteiger partial charge >= 0.3 is 0 Å². The maximum Gasteiger partial charge on any atom is 0.271 e. The number of sulfonamides is 1. The zero-order chi connectivity index (χ0) is 17.9. The number of rotatable bonds is 6. The first-order chi connectivity index (χ1) is 12.0. The van der Waals surface area contributed by atoms with E-state index in [1.807, 2.05) is 19.9 Å². The van der Waals surface area contributed by atoms with Gasteiger partial charge in [0.25, 0.3) is 10.0 Å². The van der Waals surface area contributed by atoms with Crippen LogP contribution in [0, 0.1) is 6.92 Å². The van der Waals surface area contributed by atoms with E-state index >= 15 is 0 Å². The largest absolute Gasteiger partial charge is 0.477 e. The molecule has 0 radical (unpaired) electrons. The molecule has 0 aliphatic heterocycles. The van der Waals surface area contributed by atoms with E-state index in [9.17, 15) is 8.42 Å². The summed E-state index contributed by atoms with van der Waals surface area (Å²) in [6, 6.07) is 13.9. The Kier molecular flexibility index (Phi) is 5.00. The fraction of sp³-hybridized carbons (Fsp3) is 0.176. The summed E-state index contributed by atoms with van der Waals surface area (Å²) in [6.45, 7) is 4.27. The molecule has 0 atom stereocenters. The number of hydrogen-bond donors (Lipinski definition) is 1. The molecule has 0 saturated heterocycles. The molecule has 3 aromatic rings. The fourth-order valence-electron chi connectivity index (χ4n) is 2.20. The lowest BCUT2D eigenvalue weighted by Gasteiger charge is -2.08. The van der Waals surface area contributed by atoms with Crippen LogP contribution in [-0.4, -0.2) is 25.2 Å². The van der Waals surface area contributed by atoms with Gasteiger partial charge in [-0.1, -0.05) is 12.1 Å². The maximum absolute atomic E-state index is 12.4. The number of ether oxygens (including phenoxy) is 1. The predicted molar refractivity (Wildman–Crippen MR) is 98.5 cm³/mol. The molecule has 0 unspecified atom stereocenters. The Bertz CT molecular complexity index is 967. The van der Waals surface area contributed by atoms with Crippen LogP contribution in [0.3, 0.4) is 0 Å². The number of hydrogen-bond acceptors (Lipinski definition) is 6. The Morgan fingerprint density at radius 3 is 2.60 bits per heavy atom. The number of nitrogens with zero attached hydrogens (tertiary/aromatic N) is 2. The summed E-state index contributed by atoms with van der Waals surface area (Å²) < 4.78 is 33.0. The molecule has 6 nitrogen and oxygen atoms in total. The lowest BCUT2D eigenvalue weighted by Crippen LogP contribution is -2.11. The van der Waals surface area contributed by atoms with Gasteiger partial charge in [0.15, 0.2) is 0 Å². The van der Waals surface area contributed by atoms with E-state index in [0.29, 0.717) is 23.9 Å². The van der Waals surface area contributed by atoms with Gasteiger partial charge in [-0.15, -0.1) is 21.5 Å². The highest BCUT2D eigenvalue weighted by molar-refractivity contribution is 7.94. The second kappa shape index (κ2) is 7.20. The topological polar surface area (TPSA) is 81.2 Å². The Hall–Kier alpha value is -2.45. The summed E-state index contributed by atoms with van der Waals surface area (Å²) in [5.41, 5.74) is 1.87. The highest BCUT2D eigenvalue weighted by Gasteiger charge is 2.16. The normalized spacial score (nSPS) is 11.3. The Balaban J connectivity index is 1.84. The Labute approximate surface area is 150 Å².